The van der Waals surface area contributed by atoms with Crippen LogP contribution in [0.4, 0.5) is 0 Å². The summed E-state index contributed by atoms with van der Waals surface area (Å²) in [6, 6.07) is 13.8. The minimum atomic E-state index is 1.02. The first-order valence-electron chi connectivity index (χ1n) is 9.09. The van der Waals surface area contributed by atoms with Crippen LogP contribution in [-0.4, -0.2) is 20.4 Å². The molecule has 4 aliphatic rings. The molecule has 0 spiro atoms. The Balaban J connectivity index is 1.58. The minimum Gasteiger partial charge on any atom is -0.285 e. The van der Waals surface area contributed by atoms with Gasteiger partial charge in [-0.25, -0.2) is 0 Å². The van der Waals surface area contributed by atoms with Crippen molar-refractivity contribution in [2.24, 2.45) is 0 Å². The molecule has 4 nitrogen and oxygen atoms in total. The van der Waals surface area contributed by atoms with Gasteiger partial charge in [0.05, 0.1) is 12.4 Å². The second-order valence-electron chi connectivity index (χ2n) is 6.96. The molecule has 0 unspecified atom stereocenters. The summed E-state index contributed by atoms with van der Waals surface area (Å²) in [6.45, 7) is 0. The first-order chi connectivity index (χ1) is 12.9. The molecule has 2 aromatic heterocycles. The largest absolute Gasteiger partial charge is 0.285 e. The lowest BCUT2D eigenvalue weighted by Gasteiger charge is -2.16. The molecule has 0 saturated carbocycles. The molecule has 4 aromatic rings. The molecule has 128 valence electrons. The van der Waals surface area contributed by atoms with E-state index in [4.69, 9.17) is 0 Å². The van der Waals surface area contributed by atoms with E-state index in [1.165, 1.54) is 44.5 Å². The summed E-state index contributed by atoms with van der Waals surface area (Å²) in [5, 5.41) is 14.2. The Hall–Kier alpha value is -3.14. The zero-order valence-corrected chi connectivity index (χ0v) is 14.5. The molecule has 0 saturated heterocycles. The lowest BCUT2D eigenvalue weighted by molar-refractivity contribution is 0.925. The third kappa shape index (κ3) is 2.73. The highest BCUT2D eigenvalue weighted by molar-refractivity contribution is 5.69. The first-order valence-corrected chi connectivity index (χ1v) is 9.09. The van der Waals surface area contributed by atoms with Crippen LogP contribution in [0.3, 0.4) is 0 Å². The molecule has 2 N–H and O–H groups in total. The van der Waals surface area contributed by atoms with Crippen molar-refractivity contribution >= 4 is 0 Å². The second kappa shape index (κ2) is 6.30. The number of hydrogen-bond donors (Lipinski definition) is 2. The van der Waals surface area contributed by atoms with Crippen molar-refractivity contribution < 1.29 is 0 Å². The predicted molar refractivity (Wildman–Crippen MR) is 103 cm³/mol. The SMILES string of the molecule is c1cc2c(-c3cn[nH]c3)cc1CCc1ccc(cc1-c1cn[nH]c1)CC2. The summed E-state index contributed by atoms with van der Waals surface area (Å²) in [5.41, 5.74) is 10.5. The zero-order valence-electron chi connectivity index (χ0n) is 14.5. The lowest BCUT2D eigenvalue weighted by Crippen LogP contribution is -2.01. The van der Waals surface area contributed by atoms with Gasteiger partial charge >= 0.3 is 0 Å². The third-order valence-corrected chi connectivity index (χ3v) is 5.33. The Kier molecular flexibility index (Phi) is 3.67. The number of nitrogens with zero attached hydrogens (tertiary/aromatic N) is 2. The average Bonchev–Trinajstić information content (AvgIpc) is 3.37. The maximum absolute atomic E-state index is 4.14. The number of aromatic amines is 2. The molecule has 4 heteroatoms. The Morgan fingerprint density at radius 1 is 0.615 bits per heavy atom. The quantitative estimate of drug-likeness (QED) is 0.570. The van der Waals surface area contributed by atoms with Gasteiger partial charge in [-0.1, -0.05) is 36.4 Å². The zero-order chi connectivity index (χ0) is 17.3. The van der Waals surface area contributed by atoms with Crippen molar-refractivity contribution in [3.05, 3.63) is 83.4 Å². The molecule has 0 fully saturated rings. The second-order valence-corrected chi connectivity index (χ2v) is 6.96. The van der Waals surface area contributed by atoms with E-state index >= 15 is 0 Å². The molecule has 2 aromatic carbocycles. The van der Waals surface area contributed by atoms with E-state index in [9.17, 15) is 0 Å². The third-order valence-electron chi connectivity index (χ3n) is 5.33. The Morgan fingerprint density at radius 3 is 1.54 bits per heavy atom. The molecule has 4 bridgehead atoms. The van der Waals surface area contributed by atoms with Gasteiger partial charge in [0.15, 0.2) is 0 Å². The maximum atomic E-state index is 4.14. The number of aryl methyl sites for hydroxylation is 4. The molecule has 0 atom stereocenters. The fourth-order valence-electron chi connectivity index (χ4n) is 3.89. The lowest BCUT2D eigenvalue weighted by atomic mass is 9.89. The van der Waals surface area contributed by atoms with E-state index < -0.39 is 0 Å². The van der Waals surface area contributed by atoms with Gasteiger partial charge in [0.2, 0.25) is 0 Å². The number of hydrogen-bond acceptors (Lipinski definition) is 2. The summed E-state index contributed by atoms with van der Waals surface area (Å²) >= 11 is 0. The topological polar surface area (TPSA) is 57.4 Å². The van der Waals surface area contributed by atoms with Crippen molar-refractivity contribution in [3.63, 3.8) is 0 Å². The monoisotopic (exact) mass is 340 g/mol. The van der Waals surface area contributed by atoms with Gasteiger partial charge in [-0.3, -0.25) is 10.2 Å². The number of aromatic nitrogens is 4. The molecule has 26 heavy (non-hydrogen) atoms. The van der Waals surface area contributed by atoms with Crippen LogP contribution >= 0.6 is 0 Å². The van der Waals surface area contributed by atoms with E-state index in [-0.39, 0.29) is 0 Å². The van der Waals surface area contributed by atoms with Crippen molar-refractivity contribution in [1.29, 1.82) is 0 Å². The fraction of sp³-hybridized carbons (Fsp3) is 0.182. The summed E-state index contributed by atoms with van der Waals surface area (Å²) in [4.78, 5) is 0. The van der Waals surface area contributed by atoms with Gasteiger partial charge in [-0.05, 0) is 59.1 Å². The van der Waals surface area contributed by atoms with Gasteiger partial charge < -0.3 is 0 Å². The van der Waals surface area contributed by atoms with E-state index in [2.05, 4.69) is 56.8 Å². The van der Waals surface area contributed by atoms with Gasteiger partial charge in [-0.15, -0.1) is 0 Å². The maximum Gasteiger partial charge on any atom is 0.0565 e. The van der Waals surface area contributed by atoms with Crippen LogP contribution in [0.15, 0.2) is 61.2 Å². The summed E-state index contributed by atoms with van der Waals surface area (Å²) in [5.74, 6) is 0. The van der Waals surface area contributed by atoms with Crippen molar-refractivity contribution in [2.45, 2.75) is 25.7 Å². The summed E-state index contributed by atoms with van der Waals surface area (Å²) in [7, 11) is 0. The predicted octanol–water partition coefficient (Wildman–Crippen LogP) is 4.35. The molecular formula is C22H20N4. The summed E-state index contributed by atoms with van der Waals surface area (Å²) in [6.07, 6.45) is 11.9. The van der Waals surface area contributed by atoms with Crippen LogP contribution in [0.2, 0.25) is 0 Å². The van der Waals surface area contributed by atoms with E-state index in [0.717, 1.165) is 25.7 Å². The van der Waals surface area contributed by atoms with E-state index in [1.807, 2.05) is 24.8 Å². The van der Waals surface area contributed by atoms with Gasteiger partial charge in [0, 0.05) is 23.5 Å². The van der Waals surface area contributed by atoms with Crippen molar-refractivity contribution in [2.75, 3.05) is 0 Å². The highest BCUT2D eigenvalue weighted by Gasteiger charge is 2.13. The van der Waals surface area contributed by atoms with Crippen LogP contribution in [-0.2, 0) is 25.7 Å². The molecular weight excluding hydrogens is 320 g/mol. The van der Waals surface area contributed by atoms with Crippen molar-refractivity contribution in [3.8, 4) is 22.3 Å². The average molecular weight is 340 g/mol. The first kappa shape index (κ1) is 15.1. The number of benzene rings is 2. The molecule has 0 amide bonds. The van der Waals surface area contributed by atoms with Crippen LogP contribution in [0.1, 0.15) is 22.3 Å². The fourth-order valence-corrected chi connectivity index (χ4v) is 3.89. The normalized spacial score (nSPS) is 13.5. The molecule has 4 aliphatic carbocycles. The van der Waals surface area contributed by atoms with E-state index in [0.29, 0.717) is 0 Å². The van der Waals surface area contributed by atoms with Crippen LogP contribution in [0.25, 0.3) is 22.3 Å². The number of rotatable bonds is 2. The number of nitrogens with one attached hydrogen (secondary N) is 2. The minimum absolute atomic E-state index is 1.02. The molecule has 0 radical (unpaired) electrons. The van der Waals surface area contributed by atoms with Crippen molar-refractivity contribution in [1.82, 2.24) is 20.4 Å². The highest BCUT2D eigenvalue weighted by Crippen LogP contribution is 2.30. The summed E-state index contributed by atoms with van der Waals surface area (Å²) < 4.78 is 0. The molecule has 8 rings (SSSR count). The van der Waals surface area contributed by atoms with Gasteiger partial charge in [0.1, 0.15) is 0 Å². The standard InChI is InChI=1S/C22H20N4/c1-5-17-8-4-16-2-6-18(22(10-16)20-13-25-26-14-20)7-3-15(1)9-21(17)19-11-23-24-12-19/h1-2,5-6,9-14H,3-4,7-8H2,(H,23,24)(H,25,26). The highest BCUT2D eigenvalue weighted by atomic mass is 15.1. The van der Waals surface area contributed by atoms with Gasteiger partial charge in [0.25, 0.3) is 0 Å². The molecule has 0 aliphatic heterocycles. The Bertz CT molecular complexity index is 944. The van der Waals surface area contributed by atoms with Crippen LogP contribution in [0, 0.1) is 0 Å². The van der Waals surface area contributed by atoms with Crippen LogP contribution < -0.4 is 0 Å². The van der Waals surface area contributed by atoms with Gasteiger partial charge in [-0.2, -0.15) is 10.2 Å². The smallest absolute Gasteiger partial charge is 0.0565 e. The molecule has 2 heterocycles. The Morgan fingerprint density at radius 2 is 1.12 bits per heavy atom. The number of H-pyrrole nitrogens is 2. The van der Waals surface area contributed by atoms with E-state index in [1.54, 1.807) is 0 Å². The van der Waals surface area contributed by atoms with Crippen LogP contribution in [0.5, 0.6) is 0 Å². The Labute approximate surface area is 152 Å².